The molecule has 0 atom stereocenters. The van der Waals surface area contributed by atoms with Gasteiger partial charge in [-0.15, -0.1) is 45.3 Å². The van der Waals surface area contributed by atoms with E-state index < -0.39 is 0 Å². The summed E-state index contributed by atoms with van der Waals surface area (Å²) in [5, 5.41) is 8.46. The summed E-state index contributed by atoms with van der Waals surface area (Å²) in [5.74, 6) is 0. The summed E-state index contributed by atoms with van der Waals surface area (Å²) >= 11 is 7.02. The van der Waals surface area contributed by atoms with Crippen molar-refractivity contribution in [1.29, 1.82) is 0 Å². The Kier molecular flexibility index (Phi) is 7.64. The number of thiophene rings is 4. The van der Waals surface area contributed by atoms with Crippen LogP contribution in [0.3, 0.4) is 0 Å². The lowest BCUT2D eigenvalue weighted by molar-refractivity contribution is 1.55. The molecule has 4 aromatic heterocycles. The van der Waals surface area contributed by atoms with Crippen molar-refractivity contribution in [2.45, 2.75) is 0 Å². The van der Waals surface area contributed by atoms with Crippen molar-refractivity contribution in [3.05, 3.63) is 124 Å². The van der Waals surface area contributed by atoms with E-state index in [0.29, 0.717) is 0 Å². The number of benzene rings is 1. The molecule has 0 radical (unpaired) electrons. The van der Waals surface area contributed by atoms with Gasteiger partial charge in [-0.05, 0) is 104 Å². The number of rotatable bonds is 8. The minimum Gasteiger partial charge on any atom is -0.144 e. The second kappa shape index (κ2) is 11.4. The predicted octanol–water partition coefficient (Wildman–Crippen LogP) is 10.6. The molecule has 0 aliphatic rings. The monoisotopic (exact) mass is 510 g/mol. The van der Waals surface area contributed by atoms with Gasteiger partial charge in [0, 0.05) is 19.5 Å². The molecule has 0 amide bonds. The van der Waals surface area contributed by atoms with Crippen LogP contribution in [-0.4, -0.2) is 0 Å². The molecule has 0 spiro atoms. The van der Waals surface area contributed by atoms with Gasteiger partial charge in [0.1, 0.15) is 0 Å². The highest BCUT2D eigenvalue weighted by Gasteiger charge is 2.05. The summed E-state index contributed by atoms with van der Waals surface area (Å²) in [4.78, 5) is 5.02. The van der Waals surface area contributed by atoms with Crippen molar-refractivity contribution in [3.63, 3.8) is 0 Å². The van der Waals surface area contributed by atoms with E-state index in [9.17, 15) is 0 Å². The molecule has 5 aromatic rings. The zero-order valence-electron chi connectivity index (χ0n) is 18.3. The van der Waals surface area contributed by atoms with Crippen LogP contribution in [0.2, 0.25) is 0 Å². The van der Waals surface area contributed by atoms with E-state index in [4.69, 9.17) is 0 Å². The minimum atomic E-state index is 1.21. The van der Waals surface area contributed by atoms with E-state index >= 15 is 0 Å². The van der Waals surface area contributed by atoms with Crippen LogP contribution in [0.5, 0.6) is 0 Å². The number of hydrogen-bond donors (Lipinski definition) is 0. The van der Waals surface area contributed by atoms with Crippen molar-refractivity contribution in [3.8, 4) is 0 Å². The van der Waals surface area contributed by atoms with Gasteiger partial charge in [-0.25, -0.2) is 0 Å². The fourth-order valence-corrected chi connectivity index (χ4v) is 5.95. The van der Waals surface area contributed by atoms with Crippen LogP contribution in [0.1, 0.15) is 41.8 Å². The van der Waals surface area contributed by atoms with Crippen LogP contribution in [0, 0.1) is 0 Å². The van der Waals surface area contributed by atoms with Crippen LogP contribution in [0.15, 0.2) is 82.2 Å². The highest BCUT2D eigenvalue weighted by Crippen LogP contribution is 2.27. The molecule has 0 aliphatic carbocycles. The second-order valence-corrected chi connectivity index (χ2v) is 11.4. The van der Waals surface area contributed by atoms with Crippen molar-refractivity contribution >= 4 is 94.0 Å². The maximum absolute atomic E-state index is 2.30. The Balaban J connectivity index is 1.59. The smallest absolute Gasteiger partial charge is 0.0270 e. The van der Waals surface area contributed by atoms with Gasteiger partial charge in [0.05, 0.1) is 0 Å². The third-order valence-corrected chi connectivity index (χ3v) is 8.52. The van der Waals surface area contributed by atoms with Gasteiger partial charge in [0.25, 0.3) is 0 Å². The summed E-state index contributed by atoms with van der Waals surface area (Å²) < 4.78 is 0. The third-order valence-electron chi connectivity index (χ3n) is 5.17. The van der Waals surface area contributed by atoms with Gasteiger partial charge < -0.3 is 0 Å². The summed E-state index contributed by atoms with van der Waals surface area (Å²) in [6.07, 6.45) is 17.7. The van der Waals surface area contributed by atoms with Crippen molar-refractivity contribution in [2.75, 3.05) is 0 Å². The first-order valence-electron chi connectivity index (χ1n) is 10.9. The molecule has 0 aliphatic heterocycles. The molecule has 0 saturated heterocycles. The normalized spacial score (nSPS) is 12.2. The summed E-state index contributed by atoms with van der Waals surface area (Å²) in [6.45, 7) is 0. The third kappa shape index (κ3) is 6.10. The Bertz CT molecular complexity index is 1190. The Hall–Kier alpha value is -3.02. The summed E-state index contributed by atoms with van der Waals surface area (Å²) in [6, 6.07) is 21.6. The topological polar surface area (TPSA) is 0 Å². The summed E-state index contributed by atoms with van der Waals surface area (Å²) in [5.41, 5.74) is 4.83. The van der Waals surface area contributed by atoms with E-state index in [-0.39, 0.29) is 0 Å². The molecule has 34 heavy (non-hydrogen) atoms. The highest BCUT2D eigenvalue weighted by atomic mass is 32.1. The minimum absolute atomic E-state index is 1.21. The van der Waals surface area contributed by atoms with E-state index in [1.807, 2.05) is 0 Å². The summed E-state index contributed by atoms with van der Waals surface area (Å²) in [7, 11) is 0. The average molecular weight is 511 g/mol. The van der Waals surface area contributed by atoms with Crippen LogP contribution >= 0.6 is 45.3 Å². The first-order valence-corrected chi connectivity index (χ1v) is 14.4. The molecule has 0 nitrogen and oxygen atoms in total. The van der Waals surface area contributed by atoms with Crippen LogP contribution in [-0.2, 0) is 0 Å². The molecule has 4 heteroatoms. The van der Waals surface area contributed by atoms with Crippen molar-refractivity contribution < 1.29 is 0 Å². The lowest BCUT2D eigenvalue weighted by atomic mass is 9.96. The van der Waals surface area contributed by atoms with Gasteiger partial charge in [0.2, 0.25) is 0 Å². The average Bonchev–Trinajstić information content (AvgIpc) is 3.68. The Morgan fingerprint density at radius 3 is 0.824 bits per heavy atom. The molecule has 166 valence electrons. The molecule has 0 unspecified atom stereocenters. The van der Waals surface area contributed by atoms with Gasteiger partial charge in [0.15, 0.2) is 0 Å². The molecule has 5 rings (SSSR count). The molecule has 0 saturated carbocycles. The van der Waals surface area contributed by atoms with Gasteiger partial charge in [-0.1, -0.05) is 48.6 Å². The Morgan fingerprint density at radius 2 is 0.618 bits per heavy atom. The molecule has 0 bridgehead atoms. The zero-order chi connectivity index (χ0) is 23.0. The molecular formula is C30H22S4. The van der Waals surface area contributed by atoms with E-state index in [0.717, 1.165) is 0 Å². The Morgan fingerprint density at radius 1 is 0.353 bits per heavy atom. The largest absolute Gasteiger partial charge is 0.144 e. The SMILES string of the molecule is C(=Cc1cc(C=Cc2cccs2)c(C=Cc2cccs2)cc1C=Cc1cccs1)c1cccs1. The van der Waals surface area contributed by atoms with Crippen LogP contribution in [0.25, 0.3) is 48.6 Å². The van der Waals surface area contributed by atoms with Gasteiger partial charge in [-0.3, -0.25) is 0 Å². The first kappa shape index (κ1) is 22.8. The van der Waals surface area contributed by atoms with E-state index in [1.165, 1.54) is 41.8 Å². The van der Waals surface area contributed by atoms with Crippen molar-refractivity contribution in [1.82, 2.24) is 0 Å². The van der Waals surface area contributed by atoms with Crippen LogP contribution in [0.4, 0.5) is 0 Å². The molecule has 4 heterocycles. The molecule has 1 aromatic carbocycles. The fraction of sp³-hybridized carbons (Fsp3) is 0. The first-order chi connectivity index (χ1) is 16.8. The van der Waals surface area contributed by atoms with Crippen molar-refractivity contribution in [2.24, 2.45) is 0 Å². The lowest BCUT2D eigenvalue weighted by Gasteiger charge is -2.09. The predicted molar refractivity (Wildman–Crippen MR) is 159 cm³/mol. The zero-order valence-corrected chi connectivity index (χ0v) is 21.6. The van der Waals surface area contributed by atoms with E-state index in [2.05, 4.69) is 131 Å². The maximum atomic E-state index is 2.30. The Labute approximate surface area is 216 Å². The lowest BCUT2D eigenvalue weighted by Crippen LogP contribution is -1.89. The number of hydrogen-bond acceptors (Lipinski definition) is 4. The molecular weight excluding hydrogens is 489 g/mol. The van der Waals surface area contributed by atoms with Gasteiger partial charge in [-0.2, -0.15) is 0 Å². The second-order valence-electron chi connectivity index (χ2n) is 7.51. The molecule has 0 fully saturated rings. The standard InChI is InChI=1S/C30H22S4/c1-5-27(31-17-1)13-9-23-21-25(11-15-29-7-3-19-33-29)26(12-16-30-8-4-20-34-30)22-24(23)10-14-28-6-2-18-32-28/h1-22H. The fourth-order valence-electron chi connectivity index (χ4n) is 3.48. The quantitative estimate of drug-likeness (QED) is 0.195. The maximum Gasteiger partial charge on any atom is 0.0270 e. The highest BCUT2D eigenvalue weighted by molar-refractivity contribution is 7.11. The van der Waals surface area contributed by atoms with Crippen LogP contribution < -0.4 is 0 Å². The molecule has 0 N–H and O–H groups in total. The van der Waals surface area contributed by atoms with Gasteiger partial charge >= 0.3 is 0 Å². The van der Waals surface area contributed by atoms with E-state index in [1.54, 1.807) is 45.3 Å².